The average Bonchev–Trinajstić information content (AvgIpc) is 2.93. The van der Waals surface area contributed by atoms with Crippen molar-refractivity contribution < 1.29 is 9.53 Å². The van der Waals surface area contributed by atoms with Gasteiger partial charge >= 0.3 is 0 Å². The van der Waals surface area contributed by atoms with Crippen LogP contribution in [0.5, 0.6) is 5.75 Å². The summed E-state index contributed by atoms with van der Waals surface area (Å²) in [5, 5.41) is 3.45. The number of hydrogen-bond donors (Lipinski definition) is 1. The van der Waals surface area contributed by atoms with Crippen LogP contribution in [-0.2, 0) is 17.6 Å². The first-order valence-electron chi connectivity index (χ1n) is 7.01. The summed E-state index contributed by atoms with van der Waals surface area (Å²) in [6.07, 6.45) is 3.43. The van der Waals surface area contributed by atoms with E-state index in [9.17, 15) is 4.79 Å². The second kappa shape index (κ2) is 6.19. The van der Waals surface area contributed by atoms with Gasteiger partial charge in [-0.3, -0.25) is 4.79 Å². The summed E-state index contributed by atoms with van der Waals surface area (Å²) in [4.78, 5) is 11.9. The number of halogens is 1. The molecule has 1 aliphatic carbocycles. The number of aryl methyl sites for hydroxylation is 2. The summed E-state index contributed by atoms with van der Waals surface area (Å²) >= 11 is 5.86. The third-order valence-electron chi connectivity index (χ3n) is 3.55. The predicted molar refractivity (Wildman–Crippen MR) is 84.0 cm³/mol. The first kappa shape index (κ1) is 14.0. The van der Waals surface area contributed by atoms with Gasteiger partial charge in [-0.25, -0.2) is 0 Å². The minimum Gasteiger partial charge on any atom is -0.484 e. The van der Waals surface area contributed by atoms with Crippen molar-refractivity contribution in [2.45, 2.75) is 19.3 Å². The van der Waals surface area contributed by atoms with Gasteiger partial charge in [0.15, 0.2) is 6.61 Å². The highest BCUT2D eigenvalue weighted by Crippen LogP contribution is 2.25. The van der Waals surface area contributed by atoms with E-state index in [1.165, 1.54) is 17.5 Å². The number of ether oxygens (including phenoxy) is 1. The van der Waals surface area contributed by atoms with E-state index in [0.29, 0.717) is 10.8 Å². The topological polar surface area (TPSA) is 38.3 Å². The molecule has 0 fully saturated rings. The molecule has 2 aromatic rings. The molecule has 0 aromatic heterocycles. The van der Waals surface area contributed by atoms with Crippen molar-refractivity contribution in [1.29, 1.82) is 0 Å². The average molecular weight is 302 g/mol. The summed E-state index contributed by atoms with van der Waals surface area (Å²) in [6.45, 7) is -0.0303. The zero-order chi connectivity index (χ0) is 14.7. The van der Waals surface area contributed by atoms with Gasteiger partial charge in [0.25, 0.3) is 5.91 Å². The zero-order valence-corrected chi connectivity index (χ0v) is 12.3. The molecule has 1 aliphatic rings. The first-order valence-corrected chi connectivity index (χ1v) is 7.38. The summed E-state index contributed by atoms with van der Waals surface area (Å²) in [7, 11) is 0. The van der Waals surface area contributed by atoms with Crippen molar-refractivity contribution in [1.82, 2.24) is 0 Å². The summed E-state index contributed by atoms with van der Waals surface area (Å²) < 4.78 is 5.42. The number of anilines is 1. The van der Waals surface area contributed by atoms with Crippen LogP contribution in [0.1, 0.15) is 17.5 Å². The van der Waals surface area contributed by atoms with Crippen LogP contribution in [0.4, 0.5) is 5.69 Å². The van der Waals surface area contributed by atoms with Crippen LogP contribution in [-0.4, -0.2) is 12.5 Å². The Labute approximate surface area is 128 Å². The number of hydrogen-bond acceptors (Lipinski definition) is 2. The molecule has 0 radical (unpaired) electrons. The van der Waals surface area contributed by atoms with Crippen molar-refractivity contribution in [3.63, 3.8) is 0 Å². The fourth-order valence-corrected chi connectivity index (χ4v) is 2.73. The lowest BCUT2D eigenvalue weighted by atomic mass is 10.1. The zero-order valence-electron chi connectivity index (χ0n) is 11.6. The molecule has 0 saturated heterocycles. The van der Waals surface area contributed by atoms with Gasteiger partial charge < -0.3 is 10.1 Å². The third-order valence-corrected chi connectivity index (χ3v) is 3.78. The normalized spacial score (nSPS) is 12.8. The van der Waals surface area contributed by atoms with Crippen LogP contribution in [0.3, 0.4) is 0 Å². The number of carbonyl (C=O) groups is 1. The molecule has 3 nitrogen and oxygen atoms in total. The Morgan fingerprint density at radius 2 is 2.00 bits per heavy atom. The van der Waals surface area contributed by atoms with E-state index < -0.39 is 0 Å². The van der Waals surface area contributed by atoms with Crippen molar-refractivity contribution in [3.8, 4) is 5.75 Å². The van der Waals surface area contributed by atoms with Crippen LogP contribution in [0.15, 0.2) is 42.5 Å². The molecule has 0 atom stereocenters. The quantitative estimate of drug-likeness (QED) is 0.931. The molecule has 0 unspecified atom stereocenters. The molecule has 21 heavy (non-hydrogen) atoms. The van der Waals surface area contributed by atoms with Gasteiger partial charge in [0.1, 0.15) is 5.75 Å². The monoisotopic (exact) mass is 301 g/mol. The van der Waals surface area contributed by atoms with Gasteiger partial charge in [-0.05, 0) is 60.7 Å². The van der Waals surface area contributed by atoms with E-state index in [-0.39, 0.29) is 12.5 Å². The second-order valence-electron chi connectivity index (χ2n) is 5.13. The molecule has 0 aliphatic heterocycles. The molecule has 0 bridgehead atoms. The molecule has 1 amide bonds. The number of rotatable bonds is 4. The number of fused-ring (bicyclic) bond motifs is 1. The standard InChI is InChI=1S/C17H16ClNO2/c18-14-5-2-6-16(10-14)21-11-17(20)19-15-8-7-12-3-1-4-13(12)9-15/h2,5-10H,1,3-4,11H2,(H,19,20). The van der Waals surface area contributed by atoms with E-state index in [1.807, 2.05) is 6.07 Å². The van der Waals surface area contributed by atoms with Gasteiger partial charge in [0.05, 0.1) is 0 Å². The molecule has 4 heteroatoms. The molecule has 1 N–H and O–H groups in total. The van der Waals surface area contributed by atoms with Gasteiger partial charge in [-0.15, -0.1) is 0 Å². The van der Waals surface area contributed by atoms with Crippen molar-refractivity contribution in [2.75, 3.05) is 11.9 Å². The summed E-state index contributed by atoms with van der Waals surface area (Å²) in [5.41, 5.74) is 3.56. The number of amides is 1. The van der Waals surface area contributed by atoms with Crippen LogP contribution in [0.25, 0.3) is 0 Å². The maximum atomic E-state index is 11.9. The maximum absolute atomic E-state index is 11.9. The highest BCUT2D eigenvalue weighted by atomic mass is 35.5. The number of benzene rings is 2. The molecule has 0 heterocycles. The number of carbonyl (C=O) groups excluding carboxylic acids is 1. The fourth-order valence-electron chi connectivity index (χ4n) is 2.55. The minimum atomic E-state index is -0.173. The Morgan fingerprint density at radius 1 is 1.14 bits per heavy atom. The van der Waals surface area contributed by atoms with Gasteiger partial charge in [0.2, 0.25) is 0 Å². The Bertz CT molecular complexity index is 670. The highest BCUT2D eigenvalue weighted by molar-refractivity contribution is 6.30. The lowest BCUT2D eigenvalue weighted by molar-refractivity contribution is -0.118. The van der Waals surface area contributed by atoms with E-state index in [1.54, 1.807) is 24.3 Å². The minimum absolute atomic E-state index is 0.0303. The second-order valence-corrected chi connectivity index (χ2v) is 5.57. The Balaban J connectivity index is 1.57. The van der Waals surface area contributed by atoms with Crippen molar-refractivity contribution in [3.05, 3.63) is 58.6 Å². The molecule has 0 spiro atoms. The fraction of sp³-hybridized carbons (Fsp3) is 0.235. The Morgan fingerprint density at radius 3 is 2.86 bits per heavy atom. The predicted octanol–water partition coefficient (Wildman–Crippen LogP) is 3.85. The summed E-state index contributed by atoms with van der Waals surface area (Å²) in [5.74, 6) is 0.416. The lowest BCUT2D eigenvalue weighted by Crippen LogP contribution is -2.20. The van der Waals surface area contributed by atoms with Crippen molar-refractivity contribution in [2.24, 2.45) is 0 Å². The largest absolute Gasteiger partial charge is 0.484 e. The molecule has 3 rings (SSSR count). The Kier molecular flexibility index (Phi) is 4.11. The van der Waals surface area contributed by atoms with Gasteiger partial charge in [-0.1, -0.05) is 23.7 Å². The lowest BCUT2D eigenvalue weighted by Gasteiger charge is -2.09. The first-order chi connectivity index (χ1) is 10.2. The number of nitrogens with one attached hydrogen (secondary N) is 1. The van der Waals surface area contributed by atoms with Crippen molar-refractivity contribution >= 4 is 23.2 Å². The van der Waals surface area contributed by atoms with Crippen LogP contribution < -0.4 is 10.1 Å². The van der Waals surface area contributed by atoms with E-state index in [4.69, 9.17) is 16.3 Å². The van der Waals surface area contributed by atoms with Gasteiger partial charge in [0, 0.05) is 10.7 Å². The molecular weight excluding hydrogens is 286 g/mol. The molecule has 108 valence electrons. The highest BCUT2D eigenvalue weighted by Gasteiger charge is 2.12. The molecule has 0 saturated carbocycles. The SMILES string of the molecule is O=C(COc1cccc(Cl)c1)Nc1ccc2c(c1)CCC2. The molecule has 2 aromatic carbocycles. The van der Waals surface area contributed by atoms with E-state index in [2.05, 4.69) is 17.4 Å². The third kappa shape index (κ3) is 3.56. The molecular formula is C17H16ClNO2. The van der Waals surface area contributed by atoms with Crippen LogP contribution in [0.2, 0.25) is 5.02 Å². The Hall–Kier alpha value is -2.00. The summed E-state index contributed by atoms with van der Waals surface area (Å²) in [6, 6.07) is 13.1. The van der Waals surface area contributed by atoms with Crippen LogP contribution in [0, 0.1) is 0 Å². The smallest absolute Gasteiger partial charge is 0.262 e. The van der Waals surface area contributed by atoms with E-state index in [0.717, 1.165) is 18.5 Å². The van der Waals surface area contributed by atoms with Crippen LogP contribution >= 0.6 is 11.6 Å². The van der Waals surface area contributed by atoms with E-state index >= 15 is 0 Å². The maximum Gasteiger partial charge on any atom is 0.262 e. The van der Waals surface area contributed by atoms with Gasteiger partial charge in [-0.2, -0.15) is 0 Å².